The molecule has 246 valence electrons. The van der Waals surface area contributed by atoms with E-state index >= 15 is 0 Å². The van der Waals surface area contributed by atoms with Gasteiger partial charge in [-0.3, -0.25) is 9.59 Å². The molecule has 42 heavy (non-hydrogen) atoms. The van der Waals surface area contributed by atoms with Crippen molar-refractivity contribution in [1.29, 1.82) is 0 Å². The third kappa shape index (κ3) is 34.8. The highest BCUT2D eigenvalue weighted by molar-refractivity contribution is 5.85. The Balaban J connectivity index is 3.37. The molecule has 0 aliphatic carbocycles. The SMILES string of the molecule is CCCCCCCC/C=C\CCCCCCCC(=O)OC(=O)CCCCCCC/C=C\CCCCCCCCC(C)C. The van der Waals surface area contributed by atoms with E-state index in [1.165, 1.54) is 135 Å². The third-order valence-electron chi connectivity index (χ3n) is 8.19. The molecular formula is C39H72O3. The zero-order chi connectivity index (χ0) is 30.8. The second-order valence-electron chi connectivity index (χ2n) is 13.1. The van der Waals surface area contributed by atoms with Gasteiger partial charge in [-0.2, -0.15) is 0 Å². The molecular weight excluding hydrogens is 516 g/mol. The first-order valence-electron chi connectivity index (χ1n) is 18.6. The van der Waals surface area contributed by atoms with E-state index in [9.17, 15) is 9.59 Å². The van der Waals surface area contributed by atoms with Crippen molar-refractivity contribution in [3.63, 3.8) is 0 Å². The Morgan fingerprint density at radius 1 is 0.452 bits per heavy atom. The molecule has 0 bridgehead atoms. The molecule has 0 spiro atoms. The van der Waals surface area contributed by atoms with Crippen LogP contribution in [-0.4, -0.2) is 11.9 Å². The van der Waals surface area contributed by atoms with Gasteiger partial charge in [0, 0.05) is 12.8 Å². The van der Waals surface area contributed by atoms with Crippen molar-refractivity contribution in [2.24, 2.45) is 5.92 Å². The molecule has 0 aromatic heterocycles. The van der Waals surface area contributed by atoms with Crippen molar-refractivity contribution >= 4 is 11.9 Å². The minimum atomic E-state index is -0.342. The number of hydrogen-bond acceptors (Lipinski definition) is 3. The van der Waals surface area contributed by atoms with Crippen molar-refractivity contribution in [2.45, 2.75) is 207 Å². The first-order valence-corrected chi connectivity index (χ1v) is 18.6. The number of allylic oxidation sites excluding steroid dienone is 4. The van der Waals surface area contributed by atoms with Crippen LogP contribution in [0.15, 0.2) is 24.3 Å². The fourth-order valence-electron chi connectivity index (χ4n) is 5.39. The number of rotatable bonds is 32. The van der Waals surface area contributed by atoms with E-state index in [1.54, 1.807) is 0 Å². The first kappa shape index (κ1) is 40.6. The van der Waals surface area contributed by atoms with Gasteiger partial charge in [0.2, 0.25) is 0 Å². The van der Waals surface area contributed by atoms with Gasteiger partial charge in [-0.15, -0.1) is 0 Å². The van der Waals surface area contributed by atoms with E-state index in [2.05, 4.69) is 45.1 Å². The minimum Gasteiger partial charge on any atom is -0.393 e. The number of ether oxygens (including phenoxy) is 1. The molecule has 3 heteroatoms. The Bertz CT molecular complexity index is 634. The summed E-state index contributed by atoms with van der Waals surface area (Å²) in [5.74, 6) is 0.171. The standard InChI is InChI=1S/C39H72O3/c1-4-5-6-7-8-9-10-11-13-17-20-23-26-29-32-35-38(40)42-39(41)36-33-30-27-24-21-18-15-12-14-16-19-22-25-28-31-34-37(2)3/h11-13,15,37H,4-10,14,16-36H2,1-3H3/b13-11-,15-12-. The summed E-state index contributed by atoms with van der Waals surface area (Å²) in [4.78, 5) is 23.8. The summed E-state index contributed by atoms with van der Waals surface area (Å²) in [6.07, 6.45) is 43.7. The molecule has 0 saturated heterocycles. The second kappa shape index (κ2) is 34.1. The Hall–Kier alpha value is -1.38. The van der Waals surface area contributed by atoms with Crippen LogP contribution in [0, 0.1) is 5.92 Å². The van der Waals surface area contributed by atoms with Gasteiger partial charge in [-0.05, 0) is 70.1 Å². The monoisotopic (exact) mass is 589 g/mol. The molecule has 3 nitrogen and oxygen atoms in total. The van der Waals surface area contributed by atoms with E-state index in [4.69, 9.17) is 4.74 Å². The summed E-state index contributed by atoms with van der Waals surface area (Å²) in [5, 5.41) is 0. The molecule has 0 aliphatic heterocycles. The number of esters is 2. The average Bonchev–Trinajstić information content (AvgIpc) is 2.96. The van der Waals surface area contributed by atoms with Crippen molar-refractivity contribution in [3.05, 3.63) is 24.3 Å². The number of unbranched alkanes of at least 4 members (excludes halogenated alkanes) is 22. The van der Waals surface area contributed by atoms with Crippen molar-refractivity contribution in [1.82, 2.24) is 0 Å². The predicted octanol–water partition coefficient (Wildman–Crippen LogP) is 13.2. The molecule has 0 rings (SSSR count). The van der Waals surface area contributed by atoms with Crippen molar-refractivity contribution < 1.29 is 14.3 Å². The Morgan fingerprint density at radius 3 is 1.12 bits per heavy atom. The lowest BCUT2D eigenvalue weighted by Gasteiger charge is -2.04. The quantitative estimate of drug-likeness (QED) is 0.0340. The molecule has 0 radical (unpaired) electrons. The van der Waals surface area contributed by atoms with E-state index < -0.39 is 0 Å². The minimum absolute atomic E-state index is 0.341. The zero-order valence-corrected chi connectivity index (χ0v) is 28.6. The summed E-state index contributed by atoms with van der Waals surface area (Å²) in [6.45, 7) is 6.90. The summed E-state index contributed by atoms with van der Waals surface area (Å²) in [6, 6.07) is 0. The lowest BCUT2D eigenvalue weighted by Crippen LogP contribution is -2.11. The number of carbonyl (C=O) groups excluding carboxylic acids is 2. The van der Waals surface area contributed by atoms with Gasteiger partial charge in [-0.1, -0.05) is 154 Å². The van der Waals surface area contributed by atoms with Crippen LogP contribution in [0.3, 0.4) is 0 Å². The average molecular weight is 589 g/mol. The normalized spacial score (nSPS) is 11.8. The lowest BCUT2D eigenvalue weighted by atomic mass is 10.0. The summed E-state index contributed by atoms with van der Waals surface area (Å²) < 4.78 is 5.01. The fourth-order valence-corrected chi connectivity index (χ4v) is 5.39. The van der Waals surface area contributed by atoms with Crippen LogP contribution in [0.2, 0.25) is 0 Å². The maximum Gasteiger partial charge on any atom is 0.313 e. The van der Waals surface area contributed by atoms with Crippen LogP contribution in [0.25, 0.3) is 0 Å². The highest BCUT2D eigenvalue weighted by atomic mass is 16.6. The van der Waals surface area contributed by atoms with Gasteiger partial charge in [-0.25, -0.2) is 0 Å². The maximum absolute atomic E-state index is 11.9. The lowest BCUT2D eigenvalue weighted by molar-refractivity contribution is -0.159. The molecule has 0 heterocycles. The van der Waals surface area contributed by atoms with Gasteiger partial charge in [0.15, 0.2) is 0 Å². The Morgan fingerprint density at radius 2 is 0.762 bits per heavy atom. The van der Waals surface area contributed by atoms with Gasteiger partial charge in [0.05, 0.1) is 0 Å². The van der Waals surface area contributed by atoms with Crippen LogP contribution < -0.4 is 0 Å². The number of hydrogen-bond donors (Lipinski definition) is 0. The molecule has 0 amide bonds. The molecule has 0 aromatic carbocycles. The van der Waals surface area contributed by atoms with E-state index in [0.717, 1.165) is 44.4 Å². The highest BCUT2D eigenvalue weighted by Crippen LogP contribution is 2.14. The number of carbonyl (C=O) groups is 2. The summed E-state index contributed by atoms with van der Waals surface area (Å²) >= 11 is 0. The Kier molecular flexibility index (Phi) is 33.0. The highest BCUT2D eigenvalue weighted by Gasteiger charge is 2.09. The molecule has 0 unspecified atom stereocenters. The van der Waals surface area contributed by atoms with E-state index in [-0.39, 0.29) is 11.9 Å². The molecule has 0 aromatic rings. The predicted molar refractivity (Wildman–Crippen MR) is 184 cm³/mol. The van der Waals surface area contributed by atoms with Gasteiger partial charge >= 0.3 is 11.9 Å². The zero-order valence-electron chi connectivity index (χ0n) is 28.6. The first-order chi connectivity index (χ1) is 20.6. The molecule has 0 atom stereocenters. The molecule has 0 fully saturated rings. The second-order valence-corrected chi connectivity index (χ2v) is 13.1. The van der Waals surface area contributed by atoms with Crippen LogP contribution >= 0.6 is 0 Å². The summed E-state index contributed by atoms with van der Waals surface area (Å²) in [7, 11) is 0. The van der Waals surface area contributed by atoms with E-state index in [1.807, 2.05) is 0 Å². The largest absolute Gasteiger partial charge is 0.393 e. The van der Waals surface area contributed by atoms with Crippen LogP contribution in [0.4, 0.5) is 0 Å². The van der Waals surface area contributed by atoms with Crippen LogP contribution in [-0.2, 0) is 14.3 Å². The smallest absolute Gasteiger partial charge is 0.313 e. The fraction of sp³-hybridized carbons (Fsp3) is 0.846. The summed E-state index contributed by atoms with van der Waals surface area (Å²) in [5.41, 5.74) is 0. The van der Waals surface area contributed by atoms with Crippen LogP contribution in [0.5, 0.6) is 0 Å². The molecule has 0 saturated carbocycles. The molecule has 0 aliphatic rings. The van der Waals surface area contributed by atoms with Crippen LogP contribution in [0.1, 0.15) is 207 Å². The maximum atomic E-state index is 11.9. The van der Waals surface area contributed by atoms with E-state index in [0.29, 0.717) is 12.8 Å². The third-order valence-corrected chi connectivity index (χ3v) is 8.19. The van der Waals surface area contributed by atoms with Gasteiger partial charge in [0.1, 0.15) is 0 Å². The molecule has 0 N–H and O–H groups in total. The van der Waals surface area contributed by atoms with Crippen molar-refractivity contribution in [3.8, 4) is 0 Å². The van der Waals surface area contributed by atoms with Crippen molar-refractivity contribution in [2.75, 3.05) is 0 Å². The Labute approximate surface area is 263 Å². The topological polar surface area (TPSA) is 43.4 Å². The van der Waals surface area contributed by atoms with Gasteiger partial charge < -0.3 is 4.74 Å². The van der Waals surface area contributed by atoms with Gasteiger partial charge in [0.25, 0.3) is 0 Å².